The van der Waals surface area contributed by atoms with E-state index in [1.165, 1.54) is 0 Å². The van der Waals surface area contributed by atoms with Crippen molar-refractivity contribution in [1.82, 2.24) is 10.6 Å². The molecule has 0 bridgehead atoms. The molecule has 0 aromatic carbocycles. The molecule has 2 unspecified atom stereocenters. The molecule has 0 aliphatic rings. The number of aliphatic hydroxyl groups excluding tert-OH is 1. The summed E-state index contributed by atoms with van der Waals surface area (Å²) < 4.78 is 0. The van der Waals surface area contributed by atoms with Crippen LogP contribution in [0.15, 0.2) is 16.8 Å². The molecule has 1 heterocycles. The van der Waals surface area contributed by atoms with E-state index in [4.69, 9.17) is 0 Å². The van der Waals surface area contributed by atoms with E-state index in [1.807, 2.05) is 23.8 Å². The van der Waals surface area contributed by atoms with Gasteiger partial charge in [-0.05, 0) is 35.7 Å². The van der Waals surface area contributed by atoms with Gasteiger partial charge in [-0.2, -0.15) is 11.3 Å². The first kappa shape index (κ1) is 14.2. The maximum absolute atomic E-state index is 11.5. The Labute approximate surface area is 106 Å². The molecular weight excluding hydrogens is 236 g/mol. The van der Waals surface area contributed by atoms with E-state index in [2.05, 4.69) is 10.6 Å². The Balaban J connectivity index is 2.27. The Hall–Kier alpha value is -0.910. The highest BCUT2D eigenvalue weighted by Gasteiger charge is 2.14. The number of rotatable bonds is 7. The van der Waals surface area contributed by atoms with Crippen LogP contribution in [0.3, 0.4) is 0 Å². The maximum atomic E-state index is 11.5. The number of carbonyl (C=O) groups excluding carboxylic acids is 1. The topological polar surface area (TPSA) is 61.4 Å². The number of amides is 1. The molecule has 1 aromatic rings. The molecule has 1 amide bonds. The minimum Gasteiger partial charge on any atom is -0.387 e. The fourth-order valence-corrected chi connectivity index (χ4v) is 2.07. The summed E-state index contributed by atoms with van der Waals surface area (Å²) in [5.41, 5.74) is 0.892. The van der Waals surface area contributed by atoms with Gasteiger partial charge in [-0.1, -0.05) is 6.92 Å². The lowest BCUT2D eigenvalue weighted by Crippen LogP contribution is -2.43. The van der Waals surface area contributed by atoms with E-state index in [9.17, 15) is 9.90 Å². The van der Waals surface area contributed by atoms with Crippen molar-refractivity contribution in [2.75, 3.05) is 13.1 Å². The summed E-state index contributed by atoms with van der Waals surface area (Å²) in [7, 11) is 0. The lowest BCUT2D eigenvalue weighted by molar-refractivity contribution is -0.122. The summed E-state index contributed by atoms with van der Waals surface area (Å²) in [6.07, 6.45) is 0.373. The number of hydrogen-bond acceptors (Lipinski definition) is 4. The van der Waals surface area contributed by atoms with E-state index in [-0.39, 0.29) is 11.9 Å². The second-order valence-corrected chi connectivity index (χ2v) is 4.77. The van der Waals surface area contributed by atoms with E-state index in [1.54, 1.807) is 18.3 Å². The highest BCUT2D eigenvalue weighted by Crippen LogP contribution is 2.15. The zero-order chi connectivity index (χ0) is 12.7. The number of hydrogen-bond donors (Lipinski definition) is 3. The third kappa shape index (κ3) is 4.85. The minimum atomic E-state index is -0.553. The maximum Gasteiger partial charge on any atom is 0.236 e. The largest absolute Gasteiger partial charge is 0.387 e. The molecule has 0 saturated carbocycles. The lowest BCUT2D eigenvalue weighted by atomic mass is 10.2. The molecule has 1 rings (SSSR count). The summed E-state index contributed by atoms with van der Waals surface area (Å²) in [6.45, 7) is 4.89. The van der Waals surface area contributed by atoms with Crippen LogP contribution in [0.1, 0.15) is 31.9 Å². The summed E-state index contributed by atoms with van der Waals surface area (Å²) in [4.78, 5) is 11.5. The number of carbonyl (C=O) groups is 1. The summed E-state index contributed by atoms with van der Waals surface area (Å²) in [5, 5.41) is 19.5. The molecule has 0 aliphatic heterocycles. The first-order valence-corrected chi connectivity index (χ1v) is 6.80. The Morgan fingerprint density at radius 2 is 2.35 bits per heavy atom. The predicted molar refractivity (Wildman–Crippen MR) is 70.0 cm³/mol. The second-order valence-electron chi connectivity index (χ2n) is 3.99. The van der Waals surface area contributed by atoms with Gasteiger partial charge in [0.05, 0.1) is 12.1 Å². The molecule has 2 atom stereocenters. The van der Waals surface area contributed by atoms with Crippen molar-refractivity contribution >= 4 is 17.2 Å². The quantitative estimate of drug-likeness (QED) is 0.689. The van der Waals surface area contributed by atoms with Crippen LogP contribution in [0.25, 0.3) is 0 Å². The Morgan fingerprint density at radius 1 is 1.59 bits per heavy atom. The molecule has 0 aliphatic carbocycles. The summed E-state index contributed by atoms with van der Waals surface area (Å²) >= 11 is 1.55. The van der Waals surface area contributed by atoms with Crippen LogP contribution >= 0.6 is 11.3 Å². The SMILES string of the molecule is CCCNC(=O)C(C)NCC(O)c1ccsc1. The number of nitrogens with one attached hydrogen (secondary N) is 2. The molecule has 0 saturated heterocycles. The van der Waals surface area contributed by atoms with E-state index >= 15 is 0 Å². The van der Waals surface area contributed by atoms with Crippen LogP contribution < -0.4 is 10.6 Å². The average Bonchev–Trinajstić information content (AvgIpc) is 2.86. The van der Waals surface area contributed by atoms with Crippen molar-refractivity contribution in [3.63, 3.8) is 0 Å². The fourth-order valence-electron chi connectivity index (χ4n) is 1.36. The van der Waals surface area contributed by atoms with Crippen molar-refractivity contribution in [1.29, 1.82) is 0 Å². The molecule has 17 heavy (non-hydrogen) atoms. The van der Waals surface area contributed by atoms with Gasteiger partial charge in [-0.3, -0.25) is 4.79 Å². The summed E-state index contributed by atoms with van der Waals surface area (Å²) in [5.74, 6) is -0.0237. The van der Waals surface area contributed by atoms with Crippen molar-refractivity contribution in [3.8, 4) is 0 Å². The third-order valence-electron chi connectivity index (χ3n) is 2.49. The molecule has 96 valence electrons. The van der Waals surface area contributed by atoms with Gasteiger partial charge in [0.25, 0.3) is 0 Å². The monoisotopic (exact) mass is 256 g/mol. The molecule has 4 nitrogen and oxygen atoms in total. The van der Waals surface area contributed by atoms with Crippen molar-refractivity contribution in [3.05, 3.63) is 22.4 Å². The smallest absolute Gasteiger partial charge is 0.236 e. The zero-order valence-corrected chi connectivity index (χ0v) is 11.1. The van der Waals surface area contributed by atoms with Gasteiger partial charge in [0, 0.05) is 13.1 Å². The Bertz CT molecular complexity index is 327. The standard InChI is InChI=1S/C12H20N2O2S/c1-3-5-13-12(16)9(2)14-7-11(15)10-4-6-17-8-10/h4,6,8-9,11,14-15H,3,5,7H2,1-2H3,(H,13,16). The van der Waals surface area contributed by atoms with Crippen LogP contribution in [-0.4, -0.2) is 30.1 Å². The molecular formula is C12H20N2O2S. The van der Waals surface area contributed by atoms with Gasteiger partial charge in [-0.15, -0.1) is 0 Å². The van der Waals surface area contributed by atoms with Crippen LogP contribution in [-0.2, 0) is 4.79 Å². The van der Waals surface area contributed by atoms with Crippen molar-refractivity contribution in [2.24, 2.45) is 0 Å². The first-order valence-electron chi connectivity index (χ1n) is 5.86. The van der Waals surface area contributed by atoms with E-state index < -0.39 is 6.10 Å². The molecule has 5 heteroatoms. The van der Waals surface area contributed by atoms with Crippen molar-refractivity contribution < 1.29 is 9.90 Å². The molecule has 0 radical (unpaired) electrons. The molecule has 3 N–H and O–H groups in total. The number of aliphatic hydroxyl groups is 1. The molecule has 0 fully saturated rings. The fraction of sp³-hybridized carbons (Fsp3) is 0.583. The van der Waals surface area contributed by atoms with Gasteiger partial charge in [0.1, 0.15) is 0 Å². The Morgan fingerprint density at radius 3 is 2.94 bits per heavy atom. The molecule has 0 spiro atoms. The average molecular weight is 256 g/mol. The highest BCUT2D eigenvalue weighted by molar-refractivity contribution is 7.07. The van der Waals surface area contributed by atoms with Gasteiger partial charge in [0.15, 0.2) is 0 Å². The predicted octanol–water partition coefficient (Wildman–Crippen LogP) is 1.29. The van der Waals surface area contributed by atoms with Crippen LogP contribution in [0.5, 0.6) is 0 Å². The highest BCUT2D eigenvalue weighted by atomic mass is 32.1. The lowest BCUT2D eigenvalue weighted by Gasteiger charge is -2.16. The molecule has 1 aromatic heterocycles. The van der Waals surface area contributed by atoms with E-state index in [0.717, 1.165) is 12.0 Å². The third-order valence-corrected chi connectivity index (χ3v) is 3.19. The summed E-state index contributed by atoms with van der Waals surface area (Å²) in [6, 6.07) is 1.61. The van der Waals surface area contributed by atoms with Gasteiger partial charge < -0.3 is 15.7 Å². The first-order chi connectivity index (χ1) is 8.15. The van der Waals surface area contributed by atoms with Crippen molar-refractivity contribution in [2.45, 2.75) is 32.4 Å². The van der Waals surface area contributed by atoms with E-state index in [0.29, 0.717) is 13.1 Å². The van der Waals surface area contributed by atoms with Gasteiger partial charge in [0.2, 0.25) is 5.91 Å². The second kappa shape index (κ2) is 7.42. The Kier molecular flexibility index (Phi) is 6.18. The normalized spacial score (nSPS) is 14.3. The zero-order valence-electron chi connectivity index (χ0n) is 10.3. The van der Waals surface area contributed by atoms with Gasteiger partial charge in [-0.25, -0.2) is 0 Å². The van der Waals surface area contributed by atoms with Crippen LogP contribution in [0.2, 0.25) is 0 Å². The van der Waals surface area contributed by atoms with Crippen LogP contribution in [0, 0.1) is 0 Å². The minimum absolute atomic E-state index is 0.0237. The number of thiophene rings is 1. The van der Waals surface area contributed by atoms with Gasteiger partial charge >= 0.3 is 0 Å². The van der Waals surface area contributed by atoms with Crippen LogP contribution in [0.4, 0.5) is 0 Å².